The van der Waals surface area contributed by atoms with Crippen molar-refractivity contribution in [2.75, 3.05) is 24.3 Å². The number of rotatable bonds is 8. The van der Waals surface area contributed by atoms with Crippen molar-refractivity contribution in [2.24, 2.45) is 0 Å². The van der Waals surface area contributed by atoms with E-state index in [1.807, 2.05) is 19.1 Å². The number of ether oxygens (including phenoxy) is 2. The molecule has 0 radical (unpaired) electrons. The third-order valence-corrected chi connectivity index (χ3v) is 3.69. The maximum absolute atomic E-state index is 12.1. The lowest BCUT2D eigenvalue weighted by Crippen LogP contribution is -2.24. The SMILES string of the molecule is CCOC(=O)CS[C@H](C)C(=O)Nc1ccccc1OCC. The molecule has 5 nitrogen and oxygen atoms in total. The minimum atomic E-state index is -0.357. The first-order valence-corrected chi connectivity index (χ1v) is 7.93. The molecule has 0 heterocycles. The first kappa shape index (κ1) is 17.4. The average Bonchev–Trinajstić information content (AvgIpc) is 2.47. The van der Waals surface area contributed by atoms with Crippen LogP contribution >= 0.6 is 11.8 Å². The van der Waals surface area contributed by atoms with Gasteiger partial charge in [0, 0.05) is 0 Å². The van der Waals surface area contributed by atoms with Gasteiger partial charge in [-0.3, -0.25) is 9.59 Å². The van der Waals surface area contributed by atoms with Gasteiger partial charge in [0.25, 0.3) is 0 Å². The molecular weight excluding hydrogens is 290 g/mol. The van der Waals surface area contributed by atoms with Crippen LogP contribution in [0.2, 0.25) is 0 Å². The predicted molar refractivity (Wildman–Crippen MR) is 84.8 cm³/mol. The topological polar surface area (TPSA) is 64.6 Å². The number of hydrogen-bond donors (Lipinski definition) is 1. The molecule has 116 valence electrons. The van der Waals surface area contributed by atoms with Gasteiger partial charge >= 0.3 is 5.97 Å². The fourth-order valence-electron chi connectivity index (χ4n) is 1.56. The molecule has 0 aliphatic carbocycles. The number of thioether (sulfide) groups is 1. The van der Waals surface area contributed by atoms with E-state index in [-0.39, 0.29) is 22.9 Å². The molecule has 1 aromatic carbocycles. The minimum Gasteiger partial charge on any atom is -0.492 e. The molecule has 1 amide bonds. The Hall–Kier alpha value is -1.69. The van der Waals surface area contributed by atoms with Gasteiger partial charge in [0.1, 0.15) is 5.75 Å². The fourth-order valence-corrected chi connectivity index (χ4v) is 2.24. The molecule has 6 heteroatoms. The molecule has 0 bridgehead atoms. The largest absolute Gasteiger partial charge is 0.492 e. The Balaban J connectivity index is 2.54. The zero-order valence-electron chi connectivity index (χ0n) is 12.5. The zero-order chi connectivity index (χ0) is 15.7. The summed E-state index contributed by atoms with van der Waals surface area (Å²) >= 11 is 1.24. The van der Waals surface area contributed by atoms with Crippen LogP contribution in [0.4, 0.5) is 5.69 Å². The van der Waals surface area contributed by atoms with E-state index in [0.717, 1.165) is 0 Å². The maximum Gasteiger partial charge on any atom is 0.315 e. The van der Waals surface area contributed by atoms with Crippen molar-refractivity contribution >= 4 is 29.3 Å². The predicted octanol–water partition coefficient (Wildman–Crippen LogP) is 2.71. The van der Waals surface area contributed by atoms with Gasteiger partial charge in [0.15, 0.2) is 0 Å². The molecule has 0 saturated heterocycles. The van der Waals surface area contributed by atoms with E-state index in [1.54, 1.807) is 26.0 Å². The molecule has 1 atom stereocenters. The van der Waals surface area contributed by atoms with Gasteiger partial charge < -0.3 is 14.8 Å². The highest BCUT2D eigenvalue weighted by Gasteiger charge is 2.17. The number of hydrogen-bond acceptors (Lipinski definition) is 5. The van der Waals surface area contributed by atoms with Gasteiger partial charge in [-0.15, -0.1) is 11.8 Å². The number of carbonyl (C=O) groups excluding carboxylic acids is 2. The van der Waals surface area contributed by atoms with Crippen LogP contribution in [0.15, 0.2) is 24.3 Å². The lowest BCUT2D eigenvalue weighted by molar-refractivity contribution is -0.139. The van der Waals surface area contributed by atoms with E-state index in [9.17, 15) is 9.59 Å². The molecule has 1 aromatic rings. The van der Waals surface area contributed by atoms with Crippen LogP contribution in [0.3, 0.4) is 0 Å². The first-order chi connectivity index (χ1) is 10.1. The van der Waals surface area contributed by atoms with Crippen molar-refractivity contribution in [2.45, 2.75) is 26.0 Å². The van der Waals surface area contributed by atoms with Gasteiger partial charge in [-0.25, -0.2) is 0 Å². The summed E-state index contributed by atoms with van der Waals surface area (Å²) in [5, 5.41) is 2.46. The second-order valence-corrected chi connectivity index (χ2v) is 5.51. The summed E-state index contributed by atoms with van der Waals surface area (Å²) in [6, 6.07) is 7.26. The lowest BCUT2D eigenvalue weighted by Gasteiger charge is -2.14. The smallest absolute Gasteiger partial charge is 0.315 e. The van der Waals surface area contributed by atoms with Crippen LogP contribution in [-0.2, 0) is 14.3 Å². The van der Waals surface area contributed by atoms with E-state index in [0.29, 0.717) is 24.7 Å². The number of para-hydroxylation sites is 2. The lowest BCUT2D eigenvalue weighted by atomic mass is 10.3. The van der Waals surface area contributed by atoms with Gasteiger partial charge in [-0.1, -0.05) is 12.1 Å². The second-order valence-electron chi connectivity index (χ2n) is 4.18. The maximum atomic E-state index is 12.1. The summed E-state index contributed by atoms with van der Waals surface area (Å²) in [6.07, 6.45) is 0. The number of anilines is 1. The van der Waals surface area contributed by atoms with Crippen LogP contribution in [0.1, 0.15) is 20.8 Å². The molecule has 0 saturated carbocycles. The van der Waals surface area contributed by atoms with E-state index in [2.05, 4.69) is 5.32 Å². The third kappa shape index (κ3) is 6.08. The second kappa shape index (κ2) is 9.28. The van der Waals surface area contributed by atoms with Crippen LogP contribution in [0.5, 0.6) is 5.75 Å². The van der Waals surface area contributed by atoms with E-state index < -0.39 is 0 Å². The molecule has 0 fully saturated rings. The molecular formula is C15H21NO4S. The molecule has 1 rings (SSSR count). The monoisotopic (exact) mass is 311 g/mol. The van der Waals surface area contributed by atoms with Crippen molar-refractivity contribution in [1.82, 2.24) is 0 Å². The highest BCUT2D eigenvalue weighted by Crippen LogP contribution is 2.24. The zero-order valence-corrected chi connectivity index (χ0v) is 13.4. The molecule has 1 N–H and O–H groups in total. The summed E-state index contributed by atoms with van der Waals surface area (Å²) in [7, 11) is 0. The summed E-state index contributed by atoms with van der Waals surface area (Å²) in [5.74, 6) is 0.319. The Labute approximate surface area is 129 Å². The van der Waals surface area contributed by atoms with Gasteiger partial charge in [-0.05, 0) is 32.9 Å². The normalized spacial score (nSPS) is 11.6. The third-order valence-electron chi connectivity index (χ3n) is 2.57. The number of nitrogens with one attached hydrogen (secondary N) is 1. The molecule has 0 unspecified atom stereocenters. The van der Waals surface area contributed by atoms with Gasteiger partial charge in [-0.2, -0.15) is 0 Å². The Morgan fingerprint density at radius 3 is 2.62 bits per heavy atom. The van der Waals surface area contributed by atoms with Crippen LogP contribution in [0, 0.1) is 0 Å². The standard InChI is InChI=1S/C15H21NO4S/c1-4-19-13-9-7-6-8-12(13)16-15(18)11(3)21-10-14(17)20-5-2/h6-9,11H,4-5,10H2,1-3H3,(H,16,18)/t11-/m1/s1. The van der Waals surface area contributed by atoms with Crippen molar-refractivity contribution in [3.8, 4) is 5.75 Å². The Morgan fingerprint density at radius 2 is 1.95 bits per heavy atom. The van der Waals surface area contributed by atoms with Crippen molar-refractivity contribution in [1.29, 1.82) is 0 Å². The van der Waals surface area contributed by atoms with Crippen LogP contribution in [-0.4, -0.2) is 36.1 Å². The Bertz CT molecular complexity index is 478. The van der Waals surface area contributed by atoms with Crippen molar-refractivity contribution in [3.05, 3.63) is 24.3 Å². The van der Waals surface area contributed by atoms with Crippen molar-refractivity contribution < 1.29 is 19.1 Å². The average molecular weight is 311 g/mol. The first-order valence-electron chi connectivity index (χ1n) is 6.88. The molecule has 0 aromatic heterocycles. The van der Waals surface area contributed by atoms with E-state index in [4.69, 9.17) is 9.47 Å². The number of esters is 1. The highest BCUT2D eigenvalue weighted by atomic mass is 32.2. The minimum absolute atomic E-state index is 0.162. The van der Waals surface area contributed by atoms with Crippen molar-refractivity contribution in [3.63, 3.8) is 0 Å². The fraction of sp³-hybridized carbons (Fsp3) is 0.467. The molecule has 0 aliphatic rings. The van der Waals surface area contributed by atoms with Crippen LogP contribution in [0.25, 0.3) is 0 Å². The number of amides is 1. The quantitative estimate of drug-likeness (QED) is 0.748. The van der Waals surface area contributed by atoms with Crippen LogP contribution < -0.4 is 10.1 Å². The summed E-state index contributed by atoms with van der Waals surface area (Å²) in [5.41, 5.74) is 0.632. The Kier molecular flexibility index (Phi) is 7.68. The van der Waals surface area contributed by atoms with Gasteiger partial charge in [0.2, 0.25) is 5.91 Å². The molecule has 21 heavy (non-hydrogen) atoms. The van der Waals surface area contributed by atoms with Gasteiger partial charge in [0.05, 0.1) is 29.9 Å². The van der Waals surface area contributed by atoms with E-state index in [1.165, 1.54) is 11.8 Å². The number of benzene rings is 1. The highest BCUT2D eigenvalue weighted by molar-refractivity contribution is 8.01. The summed E-state index contributed by atoms with van der Waals surface area (Å²) in [4.78, 5) is 23.4. The molecule has 0 aliphatic heterocycles. The molecule has 0 spiro atoms. The number of carbonyl (C=O) groups is 2. The summed E-state index contributed by atoms with van der Waals surface area (Å²) < 4.78 is 10.3. The summed E-state index contributed by atoms with van der Waals surface area (Å²) in [6.45, 7) is 6.27. The Morgan fingerprint density at radius 1 is 1.24 bits per heavy atom. The van der Waals surface area contributed by atoms with E-state index >= 15 is 0 Å².